The first-order valence-corrected chi connectivity index (χ1v) is 6.33. The van der Waals surface area contributed by atoms with E-state index in [0.717, 1.165) is 31.8 Å². The predicted molar refractivity (Wildman–Crippen MR) is 69.1 cm³/mol. The van der Waals surface area contributed by atoms with Crippen molar-refractivity contribution in [2.75, 3.05) is 38.0 Å². The molecule has 19 heavy (non-hydrogen) atoms. The number of anilines is 1. The van der Waals surface area contributed by atoms with Crippen LogP contribution in [0.3, 0.4) is 0 Å². The Labute approximate surface area is 111 Å². The molecule has 0 aromatic heterocycles. The predicted octanol–water partition coefficient (Wildman–Crippen LogP) is 2.13. The van der Waals surface area contributed by atoms with Crippen molar-refractivity contribution in [3.63, 3.8) is 0 Å². The molecule has 1 fully saturated rings. The standard InChI is InChI=1S/C13H17F2N3O/c1-2-17-5-7-18(8-6-17)13(19)16-12-4-3-10(14)9-11(12)15/h3-4,9H,2,5-8H2,1H3,(H,16,19). The van der Waals surface area contributed by atoms with E-state index in [1.54, 1.807) is 4.90 Å². The number of halogens is 2. The number of amides is 2. The van der Waals surface area contributed by atoms with E-state index < -0.39 is 11.6 Å². The van der Waals surface area contributed by atoms with E-state index in [1.165, 1.54) is 6.07 Å². The van der Waals surface area contributed by atoms with Gasteiger partial charge in [0.15, 0.2) is 0 Å². The zero-order chi connectivity index (χ0) is 13.8. The lowest BCUT2D eigenvalue weighted by Crippen LogP contribution is -2.49. The minimum absolute atomic E-state index is 0.00400. The summed E-state index contributed by atoms with van der Waals surface area (Å²) in [6.45, 7) is 5.89. The first kappa shape index (κ1) is 13.7. The molecule has 1 heterocycles. The molecule has 1 aliphatic rings. The highest BCUT2D eigenvalue weighted by molar-refractivity contribution is 5.89. The maximum absolute atomic E-state index is 13.4. The summed E-state index contributed by atoms with van der Waals surface area (Å²) in [6, 6.07) is 2.75. The largest absolute Gasteiger partial charge is 0.322 e. The Balaban J connectivity index is 1.94. The molecule has 1 aromatic carbocycles. The van der Waals surface area contributed by atoms with Gasteiger partial charge >= 0.3 is 6.03 Å². The van der Waals surface area contributed by atoms with Gasteiger partial charge in [-0.15, -0.1) is 0 Å². The fraction of sp³-hybridized carbons (Fsp3) is 0.462. The van der Waals surface area contributed by atoms with Crippen LogP contribution in [0.2, 0.25) is 0 Å². The summed E-state index contributed by atoms with van der Waals surface area (Å²) in [6.07, 6.45) is 0. The Kier molecular flexibility index (Phi) is 4.31. The van der Waals surface area contributed by atoms with Gasteiger partial charge in [0.05, 0.1) is 5.69 Å². The second-order valence-corrected chi connectivity index (χ2v) is 4.48. The highest BCUT2D eigenvalue weighted by Crippen LogP contribution is 2.15. The summed E-state index contributed by atoms with van der Waals surface area (Å²) in [4.78, 5) is 15.8. The second kappa shape index (κ2) is 5.97. The van der Waals surface area contributed by atoms with Crippen LogP contribution in [0.5, 0.6) is 0 Å². The SMILES string of the molecule is CCN1CCN(C(=O)Nc2ccc(F)cc2F)CC1. The summed E-state index contributed by atoms with van der Waals surface area (Å²) in [7, 11) is 0. The molecule has 0 saturated carbocycles. The van der Waals surface area contributed by atoms with Gasteiger partial charge in [0.2, 0.25) is 0 Å². The van der Waals surface area contributed by atoms with Crippen molar-refractivity contribution < 1.29 is 13.6 Å². The molecular weight excluding hydrogens is 252 g/mol. The number of hydrogen-bond acceptors (Lipinski definition) is 2. The number of piperazine rings is 1. The highest BCUT2D eigenvalue weighted by atomic mass is 19.1. The van der Waals surface area contributed by atoms with Crippen molar-refractivity contribution >= 4 is 11.7 Å². The van der Waals surface area contributed by atoms with Crippen LogP contribution in [-0.2, 0) is 0 Å². The molecule has 0 aliphatic carbocycles. The van der Waals surface area contributed by atoms with E-state index in [2.05, 4.69) is 17.1 Å². The van der Waals surface area contributed by atoms with E-state index in [-0.39, 0.29) is 11.7 Å². The van der Waals surface area contributed by atoms with Gasteiger partial charge in [-0.05, 0) is 18.7 Å². The third kappa shape index (κ3) is 3.41. The summed E-state index contributed by atoms with van der Waals surface area (Å²) >= 11 is 0. The van der Waals surface area contributed by atoms with Crippen molar-refractivity contribution in [3.8, 4) is 0 Å². The van der Waals surface area contributed by atoms with Crippen LogP contribution >= 0.6 is 0 Å². The molecule has 0 atom stereocenters. The van der Waals surface area contributed by atoms with Crippen LogP contribution < -0.4 is 5.32 Å². The Morgan fingerprint density at radius 3 is 2.53 bits per heavy atom. The maximum atomic E-state index is 13.4. The monoisotopic (exact) mass is 269 g/mol. The molecule has 0 unspecified atom stereocenters. The molecule has 104 valence electrons. The van der Waals surface area contributed by atoms with Crippen molar-refractivity contribution in [3.05, 3.63) is 29.8 Å². The van der Waals surface area contributed by atoms with E-state index in [9.17, 15) is 13.6 Å². The molecular formula is C13H17F2N3O. The van der Waals surface area contributed by atoms with E-state index in [4.69, 9.17) is 0 Å². The molecule has 0 spiro atoms. The van der Waals surface area contributed by atoms with E-state index >= 15 is 0 Å². The zero-order valence-corrected chi connectivity index (χ0v) is 10.8. The van der Waals surface area contributed by atoms with Gasteiger partial charge in [0.1, 0.15) is 11.6 Å². The third-order valence-electron chi connectivity index (χ3n) is 3.28. The lowest BCUT2D eigenvalue weighted by Gasteiger charge is -2.33. The van der Waals surface area contributed by atoms with Crippen LogP contribution in [0.4, 0.5) is 19.3 Å². The first-order valence-electron chi connectivity index (χ1n) is 6.33. The first-order chi connectivity index (χ1) is 9.10. The lowest BCUT2D eigenvalue weighted by atomic mass is 10.3. The molecule has 2 rings (SSSR count). The van der Waals surface area contributed by atoms with E-state index in [0.29, 0.717) is 13.1 Å². The normalized spacial score (nSPS) is 16.5. The van der Waals surface area contributed by atoms with Crippen molar-refractivity contribution in [2.24, 2.45) is 0 Å². The minimum Gasteiger partial charge on any atom is -0.322 e. The van der Waals surface area contributed by atoms with Gasteiger partial charge in [-0.2, -0.15) is 0 Å². The average Bonchev–Trinajstić information content (AvgIpc) is 2.42. The Morgan fingerprint density at radius 1 is 1.26 bits per heavy atom. The summed E-state index contributed by atoms with van der Waals surface area (Å²) in [5, 5.41) is 2.47. The number of likely N-dealkylation sites (N-methyl/N-ethyl adjacent to an activating group) is 1. The number of hydrogen-bond donors (Lipinski definition) is 1. The molecule has 4 nitrogen and oxygen atoms in total. The fourth-order valence-electron chi connectivity index (χ4n) is 2.05. The molecule has 0 radical (unpaired) electrons. The quantitative estimate of drug-likeness (QED) is 0.892. The molecule has 1 aliphatic heterocycles. The Hall–Kier alpha value is -1.69. The molecule has 1 N–H and O–H groups in total. The molecule has 1 aromatic rings. The van der Waals surface area contributed by atoms with Gasteiger partial charge in [-0.25, -0.2) is 13.6 Å². The Morgan fingerprint density at radius 2 is 1.95 bits per heavy atom. The number of rotatable bonds is 2. The van der Waals surface area contributed by atoms with Gasteiger partial charge in [-0.3, -0.25) is 0 Å². The van der Waals surface area contributed by atoms with Crippen LogP contribution in [0.15, 0.2) is 18.2 Å². The van der Waals surface area contributed by atoms with E-state index in [1.807, 2.05) is 0 Å². The number of carbonyl (C=O) groups is 1. The van der Waals surface area contributed by atoms with Gasteiger partial charge in [0, 0.05) is 32.2 Å². The number of carbonyl (C=O) groups excluding carboxylic acids is 1. The van der Waals surface area contributed by atoms with Crippen LogP contribution in [0.25, 0.3) is 0 Å². The molecule has 2 amide bonds. The summed E-state index contributed by atoms with van der Waals surface area (Å²) in [5.74, 6) is -1.42. The maximum Gasteiger partial charge on any atom is 0.322 e. The van der Waals surface area contributed by atoms with Crippen LogP contribution in [-0.4, -0.2) is 48.6 Å². The summed E-state index contributed by atoms with van der Waals surface area (Å²) in [5.41, 5.74) is 0.00400. The number of urea groups is 1. The van der Waals surface area contributed by atoms with Gasteiger partial charge in [0.25, 0.3) is 0 Å². The second-order valence-electron chi connectivity index (χ2n) is 4.48. The average molecular weight is 269 g/mol. The molecule has 6 heteroatoms. The lowest BCUT2D eigenvalue weighted by molar-refractivity contribution is 0.151. The summed E-state index contributed by atoms with van der Waals surface area (Å²) < 4.78 is 26.2. The topological polar surface area (TPSA) is 35.6 Å². The zero-order valence-electron chi connectivity index (χ0n) is 10.8. The minimum atomic E-state index is -0.763. The third-order valence-corrected chi connectivity index (χ3v) is 3.28. The highest BCUT2D eigenvalue weighted by Gasteiger charge is 2.20. The fourth-order valence-corrected chi connectivity index (χ4v) is 2.05. The number of benzene rings is 1. The molecule has 0 bridgehead atoms. The number of nitrogens with zero attached hydrogens (tertiary/aromatic N) is 2. The molecule has 1 saturated heterocycles. The number of nitrogens with one attached hydrogen (secondary N) is 1. The Bertz CT molecular complexity index is 459. The van der Waals surface area contributed by atoms with Crippen LogP contribution in [0, 0.1) is 11.6 Å². The van der Waals surface area contributed by atoms with Crippen molar-refractivity contribution in [1.29, 1.82) is 0 Å². The van der Waals surface area contributed by atoms with Crippen molar-refractivity contribution in [1.82, 2.24) is 9.80 Å². The van der Waals surface area contributed by atoms with Gasteiger partial charge in [-0.1, -0.05) is 6.92 Å². The van der Waals surface area contributed by atoms with Crippen molar-refractivity contribution in [2.45, 2.75) is 6.92 Å². The smallest absolute Gasteiger partial charge is 0.322 e. The van der Waals surface area contributed by atoms with Crippen LogP contribution in [0.1, 0.15) is 6.92 Å². The van der Waals surface area contributed by atoms with Gasteiger partial charge < -0.3 is 15.1 Å².